The van der Waals surface area contributed by atoms with Crippen LogP contribution < -0.4 is 10.1 Å². The summed E-state index contributed by atoms with van der Waals surface area (Å²) in [5, 5.41) is 5.26. The maximum atomic E-state index is 13.2. The molecule has 0 saturated carbocycles. The number of ether oxygens (including phenoxy) is 3. The van der Waals surface area contributed by atoms with Crippen LogP contribution >= 0.6 is 11.3 Å². The number of methoxy groups -OCH3 is 2. The molecule has 1 heterocycles. The van der Waals surface area contributed by atoms with Gasteiger partial charge in [0.1, 0.15) is 16.5 Å². The minimum absolute atomic E-state index is 0.0908. The molecule has 0 fully saturated rings. The molecule has 9 heteroatoms. The van der Waals surface area contributed by atoms with E-state index in [9.17, 15) is 9.59 Å². The first kappa shape index (κ1) is 26.8. The van der Waals surface area contributed by atoms with Crippen molar-refractivity contribution in [2.75, 3.05) is 47.1 Å². The van der Waals surface area contributed by atoms with Crippen molar-refractivity contribution in [3.63, 3.8) is 0 Å². The second-order valence-corrected chi connectivity index (χ2v) is 8.47. The van der Waals surface area contributed by atoms with Crippen molar-refractivity contribution in [2.24, 2.45) is 0 Å². The number of benzene rings is 1. The Morgan fingerprint density at radius 1 is 1.03 bits per heavy atom. The van der Waals surface area contributed by atoms with Crippen molar-refractivity contribution < 1.29 is 23.8 Å². The van der Waals surface area contributed by atoms with E-state index >= 15 is 0 Å². The lowest BCUT2D eigenvalue weighted by Gasteiger charge is -2.22. The fourth-order valence-corrected chi connectivity index (χ4v) is 3.81. The summed E-state index contributed by atoms with van der Waals surface area (Å²) in [7, 11) is 3.27. The molecule has 1 aromatic heterocycles. The molecule has 2 amide bonds. The van der Waals surface area contributed by atoms with Gasteiger partial charge in [-0.25, -0.2) is 4.98 Å². The van der Waals surface area contributed by atoms with Gasteiger partial charge in [-0.15, -0.1) is 11.3 Å². The highest BCUT2D eigenvalue weighted by molar-refractivity contribution is 7.09. The van der Waals surface area contributed by atoms with Gasteiger partial charge in [-0.05, 0) is 43.5 Å². The molecule has 0 bridgehead atoms. The zero-order valence-electron chi connectivity index (χ0n) is 19.8. The summed E-state index contributed by atoms with van der Waals surface area (Å²) in [6, 6.07) is 7.22. The number of carbonyl (C=O) groups excluding carboxylic acids is 2. The highest BCUT2D eigenvalue weighted by atomic mass is 32.1. The van der Waals surface area contributed by atoms with E-state index < -0.39 is 0 Å². The van der Waals surface area contributed by atoms with Crippen LogP contribution in [0, 0.1) is 0 Å². The molecule has 0 aliphatic heterocycles. The molecular formula is C24H35N3O5S. The van der Waals surface area contributed by atoms with Crippen LogP contribution in [0.2, 0.25) is 0 Å². The van der Waals surface area contributed by atoms with Crippen LogP contribution in [0.25, 0.3) is 0 Å². The Morgan fingerprint density at radius 3 is 2.45 bits per heavy atom. The third-order valence-electron chi connectivity index (χ3n) is 4.85. The molecule has 0 aliphatic rings. The van der Waals surface area contributed by atoms with E-state index in [1.807, 2.05) is 12.1 Å². The Hall–Kier alpha value is -2.49. The lowest BCUT2D eigenvalue weighted by atomic mass is 10.2. The molecule has 182 valence electrons. The average Bonchev–Trinajstić information content (AvgIpc) is 3.30. The van der Waals surface area contributed by atoms with Crippen molar-refractivity contribution in [3.8, 4) is 5.75 Å². The zero-order valence-corrected chi connectivity index (χ0v) is 20.6. The second kappa shape index (κ2) is 15.4. The van der Waals surface area contributed by atoms with E-state index in [2.05, 4.69) is 17.2 Å². The van der Waals surface area contributed by atoms with Crippen molar-refractivity contribution in [2.45, 2.75) is 39.2 Å². The van der Waals surface area contributed by atoms with E-state index in [-0.39, 0.29) is 11.8 Å². The number of rotatable bonds is 16. The average molecular weight is 478 g/mol. The third-order valence-corrected chi connectivity index (χ3v) is 5.69. The summed E-state index contributed by atoms with van der Waals surface area (Å²) < 4.78 is 15.8. The smallest absolute Gasteiger partial charge is 0.270 e. The number of thiazole rings is 1. The van der Waals surface area contributed by atoms with Gasteiger partial charge in [-0.1, -0.05) is 13.3 Å². The first-order valence-electron chi connectivity index (χ1n) is 11.3. The molecule has 0 aliphatic carbocycles. The normalized spacial score (nSPS) is 10.8. The third kappa shape index (κ3) is 9.49. The fourth-order valence-electron chi connectivity index (χ4n) is 3.02. The highest BCUT2D eigenvalue weighted by Crippen LogP contribution is 2.18. The number of nitrogens with zero attached hydrogens (tertiary/aromatic N) is 2. The minimum Gasteiger partial charge on any atom is -0.494 e. The van der Waals surface area contributed by atoms with Crippen LogP contribution in [0.1, 0.15) is 58.5 Å². The Labute approximate surface area is 200 Å². The summed E-state index contributed by atoms with van der Waals surface area (Å²) in [5.74, 6) is 0.448. The number of nitrogens with one attached hydrogen (secondary N) is 1. The quantitative estimate of drug-likeness (QED) is 0.370. The molecule has 8 nitrogen and oxygen atoms in total. The summed E-state index contributed by atoms with van der Waals surface area (Å²) in [6.07, 6.45) is 3.51. The predicted molar refractivity (Wildman–Crippen MR) is 129 cm³/mol. The lowest BCUT2D eigenvalue weighted by Crippen LogP contribution is -2.32. The molecule has 0 saturated heterocycles. The summed E-state index contributed by atoms with van der Waals surface area (Å²) >= 11 is 1.37. The van der Waals surface area contributed by atoms with Gasteiger partial charge >= 0.3 is 0 Å². The summed E-state index contributed by atoms with van der Waals surface area (Å²) in [6.45, 7) is 5.31. The van der Waals surface area contributed by atoms with Gasteiger partial charge in [0.2, 0.25) is 0 Å². The molecule has 0 atom stereocenters. The summed E-state index contributed by atoms with van der Waals surface area (Å²) in [4.78, 5) is 31.7. The van der Waals surface area contributed by atoms with Crippen LogP contribution in [0.3, 0.4) is 0 Å². The van der Waals surface area contributed by atoms with Crippen LogP contribution in [-0.2, 0) is 16.0 Å². The van der Waals surface area contributed by atoms with Crippen molar-refractivity contribution in [1.29, 1.82) is 0 Å². The van der Waals surface area contributed by atoms with E-state index in [1.165, 1.54) is 11.3 Å². The Balaban J connectivity index is 2.01. The van der Waals surface area contributed by atoms with Crippen molar-refractivity contribution in [1.82, 2.24) is 15.2 Å². The van der Waals surface area contributed by atoms with Gasteiger partial charge < -0.3 is 24.4 Å². The molecule has 0 radical (unpaired) electrons. The van der Waals surface area contributed by atoms with Crippen molar-refractivity contribution in [3.05, 3.63) is 45.9 Å². The molecule has 1 aromatic carbocycles. The lowest BCUT2D eigenvalue weighted by molar-refractivity contribution is 0.0723. The number of unbranched alkanes of at least 4 members (excludes halogenated alkanes) is 1. The van der Waals surface area contributed by atoms with Gasteiger partial charge in [0, 0.05) is 51.5 Å². The maximum absolute atomic E-state index is 13.2. The zero-order chi connectivity index (χ0) is 23.9. The first-order valence-corrected chi connectivity index (χ1v) is 12.2. The molecule has 2 rings (SSSR count). The molecule has 1 N–H and O–H groups in total. The molecule has 0 spiro atoms. The van der Waals surface area contributed by atoms with Gasteiger partial charge in [0.15, 0.2) is 0 Å². The number of amides is 2. The maximum Gasteiger partial charge on any atom is 0.270 e. The van der Waals surface area contributed by atoms with Gasteiger partial charge in [-0.2, -0.15) is 0 Å². The predicted octanol–water partition coefficient (Wildman–Crippen LogP) is 3.77. The molecule has 33 heavy (non-hydrogen) atoms. The second-order valence-electron chi connectivity index (χ2n) is 7.53. The van der Waals surface area contributed by atoms with Gasteiger partial charge in [0.25, 0.3) is 11.8 Å². The van der Waals surface area contributed by atoms with E-state index in [1.54, 1.807) is 36.6 Å². The van der Waals surface area contributed by atoms with Gasteiger partial charge in [0.05, 0.1) is 13.2 Å². The van der Waals surface area contributed by atoms with E-state index in [0.717, 1.165) is 25.0 Å². The number of hydrogen-bond donors (Lipinski definition) is 1. The molecule has 0 unspecified atom stereocenters. The van der Waals surface area contributed by atoms with Crippen LogP contribution in [0.5, 0.6) is 5.75 Å². The summed E-state index contributed by atoms with van der Waals surface area (Å²) in [5.41, 5.74) is 0.952. The SMILES string of the molecule is CCCCOc1ccc(C(=O)N(CCCOC)Cc2nc(C(=O)NCCCOC)cs2)cc1. The molecule has 2 aromatic rings. The highest BCUT2D eigenvalue weighted by Gasteiger charge is 2.19. The van der Waals surface area contributed by atoms with Gasteiger partial charge in [-0.3, -0.25) is 9.59 Å². The van der Waals surface area contributed by atoms with Crippen LogP contribution in [-0.4, -0.2) is 68.8 Å². The Bertz CT molecular complexity index is 841. The van der Waals surface area contributed by atoms with Crippen molar-refractivity contribution >= 4 is 23.2 Å². The van der Waals surface area contributed by atoms with Crippen LogP contribution in [0.15, 0.2) is 29.6 Å². The molecular weight excluding hydrogens is 442 g/mol. The topological polar surface area (TPSA) is 90.0 Å². The first-order chi connectivity index (χ1) is 16.1. The number of hydrogen-bond acceptors (Lipinski definition) is 7. The Kier molecular flexibility index (Phi) is 12.5. The minimum atomic E-state index is -0.218. The Morgan fingerprint density at radius 2 is 1.76 bits per heavy atom. The standard InChI is InChI=1S/C24H35N3O5S/c1-4-5-16-32-20-10-8-19(9-11-20)24(29)27(13-7-15-31-3)17-22-26-21(18-33-22)23(28)25-12-6-14-30-2/h8-11,18H,4-7,12-17H2,1-3H3,(H,25,28). The largest absolute Gasteiger partial charge is 0.494 e. The number of carbonyl (C=O) groups is 2. The fraction of sp³-hybridized carbons (Fsp3) is 0.542. The monoisotopic (exact) mass is 477 g/mol. The van der Waals surface area contributed by atoms with E-state index in [0.29, 0.717) is 62.1 Å². The van der Waals surface area contributed by atoms with Crippen LogP contribution in [0.4, 0.5) is 0 Å². The number of aromatic nitrogens is 1. The van der Waals surface area contributed by atoms with E-state index in [4.69, 9.17) is 14.2 Å².